The minimum atomic E-state index is -0.239. The van der Waals surface area contributed by atoms with Crippen molar-refractivity contribution in [3.8, 4) is 5.75 Å². The second kappa shape index (κ2) is 13.9. The van der Waals surface area contributed by atoms with E-state index in [4.69, 9.17) is 0 Å². The molecule has 1 N–H and O–H groups in total. The number of phenols is 1. The molecule has 5 atom stereocenters. The topological polar surface area (TPSA) is 20.2 Å². The van der Waals surface area contributed by atoms with E-state index in [0.717, 1.165) is 23.3 Å². The van der Waals surface area contributed by atoms with Gasteiger partial charge < -0.3 is 5.11 Å². The summed E-state index contributed by atoms with van der Waals surface area (Å²) in [7, 11) is 0. The molecule has 1 heteroatoms. The van der Waals surface area contributed by atoms with Gasteiger partial charge in [0.1, 0.15) is 5.75 Å². The van der Waals surface area contributed by atoms with E-state index in [1.54, 1.807) is 0 Å². The molecule has 0 saturated heterocycles. The molecule has 0 amide bonds. The Labute approximate surface area is 229 Å². The molecule has 37 heavy (non-hydrogen) atoms. The van der Waals surface area contributed by atoms with Crippen molar-refractivity contribution in [1.82, 2.24) is 0 Å². The van der Waals surface area contributed by atoms with Gasteiger partial charge in [-0.3, -0.25) is 0 Å². The normalized spacial score (nSPS) is 24.7. The average Bonchev–Trinajstić information content (AvgIpc) is 2.92. The Bertz CT molecular complexity index is 943. The van der Waals surface area contributed by atoms with Crippen molar-refractivity contribution < 1.29 is 5.11 Å². The van der Waals surface area contributed by atoms with Gasteiger partial charge >= 0.3 is 0 Å². The molecule has 206 valence electrons. The van der Waals surface area contributed by atoms with Crippen molar-refractivity contribution in [2.45, 2.75) is 136 Å². The van der Waals surface area contributed by atoms with Crippen molar-refractivity contribution in [1.29, 1.82) is 0 Å². The molecule has 0 aliphatic heterocycles. The highest BCUT2D eigenvalue weighted by Gasteiger charge is 2.36. The van der Waals surface area contributed by atoms with Gasteiger partial charge in [-0.25, -0.2) is 0 Å². The van der Waals surface area contributed by atoms with E-state index >= 15 is 0 Å². The molecule has 1 aliphatic carbocycles. The van der Waals surface area contributed by atoms with Gasteiger partial charge in [-0.1, -0.05) is 149 Å². The Morgan fingerprint density at radius 3 is 1.86 bits per heavy atom. The van der Waals surface area contributed by atoms with Gasteiger partial charge in [-0.2, -0.15) is 0 Å². The number of unbranched alkanes of at least 4 members (excludes halogenated alkanes) is 4. The van der Waals surface area contributed by atoms with E-state index in [1.165, 1.54) is 87.3 Å². The zero-order valence-electron chi connectivity index (χ0n) is 25.2. The van der Waals surface area contributed by atoms with Gasteiger partial charge in [0.05, 0.1) is 0 Å². The molecule has 0 saturated carbocycles. The van der Waals surface area contributed by atoms with Crippen LogP contribution < -0.4 is 0 Å². The number of phenolic OH excluding ortho intramolecular Hbond substituents is 1. The van der Waals surface area contributed by atoms with Crippen molar-refractivity contribution in [2.75, 3.05) is 0 Å². The maximum atomic E-state index is 12.0. The molecule has 1 nitrogen and oxygen atoms in total. The minimum Gasteiger partial charge on any atom is -0.507 e. The highest BCUT2D eigenvalue weighted by molar-refractivity contribution is 5.54. The van der Waals surface area contributed by atoms with Crippen LogP contribution >= 0.6 is 0 Å². The maximum Gasteiger partial charge on any atom is 0.123 e. The van der Waals surface area contributed by atoms with Crippen LogP contribution in [0.15, 0.2) is 42.5 Å². The van der Waals surface area contributed by atoms with Crippen LogP contribution in [0.25, 0.3) is 0 Å². The SMILES string of the molecule is CCCCCC1CC(C)c2ccc(C(C)(C)c3ccccc3)c(O)c2C(C)CC(CCCCC)C1CC. The Morgan fingerprint density at radius 1 is 0.757 bits per heavy atom. The summed E-state index contributed by atoms with van der Waals surface area (Å²) in [5.74, 6) is 3.76. The number of aromatic hydroxyl groups is 1. The van der Waals surface area contributed by atoms with E-state index in [0.29, 0.717) is 17.6 Å². The zero-order chi connectivity index (χ0) is 27.0. The summed E-state index contributed by atoms with van der Waals surface area (Å²) in [5, 5.41) is 12.0. The first-order valence-electron chi connectivity index (χ1n) is 15.7. The highest BCUT2D eigenvalue weighted by atomic mass is 16.3. The fourth-order valence-corrected chi connectivity index (χ4v) is 7.62. The third-order valence-corrected chi connectivity index (χ3v) is 9.80. The fraction of sp³-hybridized carbons (Fsp3) is 0.667. The van der Waals surface area contributed by atoms with Gasteiger partial charge in [0, 0.05) is 16.5 Å². The second-order valence-electron chi connectivity index (χ2n) is 12.8. The van der Waals surface area contributed by atoms with E-state index in [2.05, 4.69) is 90.9 Å². The quantitative estimate of drug-likeness (QED) is 0.302. The van der Waals surface area contributed by atoms with Crippen molar-refractivity contribution in [3.05, 3.63) is 64.7 Å². The van der Waals surface area contributed by atoms with Crippen molar-refractivity contribution in [2.24, 2.45) is 17.8 Å². The summed E-state index contributed by atoms with van der Waals surface area (Å²) in [6.07, 6.45) is 14.5. The van der Waals surface area contributed by atoms with Crippen LogP contribution in [-0.4, -0.2) is 5.11 Å². The number of fused-ring (bicyclic) bond motifs is 1. The van der Waals surface area contributed by atoms with E-state index < -0.39 is 0 Å². The van der Waals surface area contributed by atoms with Gasteiger partial charge in [0.15, 0.2) is 0 Å². The lowest BCUT2D eigenvalue weighted by atomic mass is 9.70. The van der Waals surface area contributed by atoms with Crippen LogP contribution in [0.2, 0.25) is 0 Å². The van der Waals surface area contributed by atoms with Crippen molar-refractivity contribution in [3.63, 3.8) is 0 Å². The van der Waals surface area contributed by atoms with Crippen LogP contribution in [0.5, 0.6) is 5.75 Å². The summed E-state index contributed by atoms with van der Waals surface area (Å²) in [4.78, 5) is 0. The lowest BCUT2D eigenvalue weighted by Gasteiger charge is -2.35. The smallest absolute Gasteiger partial charge is 0.123 e. The molecule has 5 unspecified atom stereocenters. The largest absolute Gasteiger partial charge is 0.507 e. The van der Waals surface area contributed by atoms with Gasteiger partial charge in [0.25, 0.3) is 0 Å². The molecule has 0 fully saturated rings. The Morgan fingerprint density at radius 2 is 1.32 bits per heavy atom. The first kappa shape index (κ1) is 29.8. The molecular weight excluding hydrogens is 448 g/mol. The third kappa shape index (κ3) is 7.01. The summed E-state index contributed by atoms with van der Waals surface area (Å²) in [5.41, 5.74) is 4.75. The lowest BCUT2D eigenvalue weighted by molar-refractivity contribution is 0.163. The van der Waals surface area contributed by atoms with E-state index in [1.807, 2.05) is 0 Å². The molecule has 0 bridgehead atoms. The summed E-state index contributed by atoms with van der Waals surface area (Å²) in [6.45, 7) is 16.5. The summed E-state index contributed by atoms with van der Waals surface area (Å²) in [6, 6.07) is 15.3. The Balaban J connectivity index is 2.07. The van der Waals surface area contributed by atoms with Crippen LogP contribution in [0.1, 0.15) is 153 Å². The first-order valence-corrected chi connectivity index (χ1v) is 15.7. The molecule has 2 aromatic rings. The van der Waals surface area contributed by atoms with Crippen LogP contribution in [0, 0.1) is 17.8 Å². The predicted octanol–water partition coefficient (Wildman–Crippen LogP) is 11.1. The number of hydrogen-bond donors (Lipinski definition) is 1. The average molecular weight is 505 g/mol. The van der Waals surface area contributed by atoms with Crippen LogP contribution in [0.4, 0.5) is 0 Å². The van der Waals surface area contributed by atoms with Crippen molar-refractivity contribution >= 4 is 0 Å². The maximum absolute atomic E-state index is 12.0. The fourth-order valence-electron chi connectivity index (χ4n) is 7.62. The lowest BCUT2D eigenvalue weighted by Crippen LogP contribution is -2.25. The Kier molecular flexibility index (Phi) is 11.2. The number of benzene rings is 2. The monoisotopic (exact) mass is 504 g/mol. The minimum absolute atomic E-state index is 0.239. The first-order chi connectivity index (χ1) is 17.8. The highest BCUT2D eigenvalue weighted by Crippen LogP contribution is 2.50. The molecule has 2 aromatic carbocycles. The van der Waals surface area contributed by atoms with Gasteiger partial charge in [0.2, 0.25) is 0 Å². The van der Waals surface area contributed by atoms with Gasteiger partial charge in [-0.05, 0) is 53.6 Å². The molecule has 1 aliphatic rings. The van der Waals surface area contributed by atoms with E-state index in [9.17, 15) is 5.11 Å². The predicted molar refractivity (Wildman–Crippen MR) is 162 cm³/mol. The summed E-state index contributed by atoms with van der Waals surface area (Å²) >= 11 is 0. The van der Waals surface area contributed by atoms with Crippen LogP contribution in [0.3, 0.4) is 0 Å². The molecule has 0 radical (unpaired) electrons. The molecular formula is C36H56O. The second-order valence-corrected chi connectivity index (χ2v) is 12.8. The molecule has 3 rings (SSSR count). The van der Waals surface area contributed by atoms with E-state index in [-0.39, 0.29) is 5.41 Å². The zero-order valence-corrected chi connectivity index (χ0v) is 25.2. The number of hydrogen-bond acceptors (Lipinski definition) is 1. The standard InChI is InChI=1S/C36H56O/c1-8-11-14-18-28-24-26(4)32-22-23-33(36(6,7)30-20-16-13-17-21-30)35(37)34(32)27(5)25-29(31(28)10-3)19-15-12-9-2/h13,16-17,20-23,26-29,31,37H,8-12,14-15,18-19,24-25H2,1-7H3. The van der Waals surface area contributed by atoms with Crippen LogP contribution in [-0.2, 0) is 5.41 Å². The van der Waals surface area contributed by atoms with Gasteiger partial charge in [-0.15, -0.1) is 0 Å². The third-order valence-electron chi connectivity index (χ3n) is 9.80. The molecule has 0 spiro atoms. The molecule has 0 aromatic heterocycles. The summed E-state index contributed by atoms with van der Waals surface area (Å²) < 4.78 is 0. The molecule has 0 heterocycles. The number of rotatable bonds is 11. The Hall–Kier alpha value is -1.76.